The van der Waals surface area contributed by atoms with Crippen molar-refractivity contribution in [3.8, 4) is 5.75 Å². The summed E-state index contributed by atoms with van der Waals surface area (Å²) in [6.45, 7) is 3.41. The zero-order valence-electron chi connectivity index (χ0n) is 13.9. The van der Waals surface area contributed by atoms with E-state index in [9.17, 15) is 9.59 Å². The molecule has 7 heteroatoms. The highest BCUT2D eigenvalue weighted by Gasteiger charge is 2.18. The Morgan fingerprint density at radius 3 is 2.48 bits per heavy atom. The van der Waals surface area contributed by atoms with E-state index in [-0.39, 0.29) is 5.91 Å². The number of aryl methyl sites for hydroxylation is 1. The Balaban J connectivity index is 2.12. The van der Waals surface area contributed by atoms with Crippen LogP contribution in [-0.4, -0.2) is 25.1 Å². The standard InChI is InChI=1S/C18H17Cl2NO4/c1-10-4-5-12(18(23)24-3)8-15(10)21-17(22)11(2)25-16-7-6-13(19)9-14(16)20/h4-9,11H,1-3H3,(H,21,22)/t11-/m0/s1. The van der Waals surface area contributed by atoms with Crippen molar-refractivity contribution in [2.45, 2.75) is 20.0 Å². The molecule has 2 aromatic carbocycles. The highest BCUT2D eigenvalue weighted by atomic mass is 35.5. The molecular weight excluding hydrogens is 365 g/mol. The molecule has 0 heterocycles. The largest absolute Gasteiger partial charge is 0.479 e. The van der Waals surface area contributed by atoms with Gasteiger partial charge in [-0.15, -0.1) is 0 Å². The second-order valence-electron chi connectivity index (χ2n) is 5.35. The zero-order valence-corrected chi connectivity index (χ0v) is 15.4. The van der Waals surface area contributed by atoms with Gasteiger partial charge in [0.15, 0.2) is 6.10 Å². The molecule has 0 saturated heterocycles. The number of hydrogen-bond acceptors (Lipinski definition) is 4. The predicted molar refractivity (Wildman–Crippen MR) is 97.7 cm³/mol. The number of methoxy groups -OCH3 is 1. The van der Waals surface area contributed by atoms with Gasteiger partial charge < -0.3 is 14.8 Å². The van der Waals surface area contributed by atoms with E-state index in [4.69, 9.17) is 27.9 Å². The molecule has 0 saturated carbocycles. The molecule has 1 amide bonds. The summed E-state index contributed by atoms with van der Waals surface area (Å²) in [5.74, 6) is -0.502. The van der Waals surface area contributed by atoms with Crippen LogP contribution in [0.25, 0.3) is 0 Å². The average molecular weight is 382 g/mol. The van der Waals surface area contributed by atoms with Crippen LogP contribution in [0.1, 0.15) is 22.8 Å². The second-order valence-corrected chi connectivity index (χ2v) is 6.19. The van der Waals surface area contributed by atoms with Gasteiger partial charge in [-0.25, -0.2) is 4.79 Å². The average Bonchev–Trinajstić information content (AvgIpc) is 2.58. The Labute approximate surface area is 155 Å². The summed E-state index contributed by atoms with van der Waals surface area (Å²) in [6, 6.07) is 9.66. The van der Waals surface area contributed by atoms with E-state index in [0.29, 0.717) is 27.0 Å². The SMILES string of the molecule is COC(=O)c1ccc(C)c(NC(=O)[C@H](C)Oc2ccc(Cl)cc2Cl)c1. The minimum Gasteiger partial charge on any atom is -0.479 e. The topological polar surface area (TPSA) is 64.6 Å². The molecule has 1 N–H and O–H groups in total. The zero-order chi connectivity index (χ0) is 18.6. The highest BCUT2D eigenvalue weighted by Crippen LogP contribution is 2.28. The van der Waals surface area contributed by atoms with Crippen LogP contribution in [0, 0.1) is 6.92 Å². The van der Waals surface area contributed by atoms with Gasteiger partial charge in [-0.05, 0) is 49.7 Å². The van der Waals surface area contributed by atoms with Crippen LogP contribution in [-0.2, 0) is 9.53 Å². The van der Waals surface area contributed by atoms with Crippen LogP contribution < -0.4 is 10.1 Å². The Kier molecular flexibility index (Phi) is 6.28. The number of rotatable bonds is 5. The van der Waals surface area contributed by atoms with Crippen LogP contribution in [0.2, 0.25) is 10.0 Å². The lowest BCUT2D eigenvalue weighted by Gasteiger charge is -2.17. The quantitative estimate of drug-likeness (QED) is 0.774. The summed E-state index contributed by atoms with van der Waals surface area (Å²) in [5.41, 5.74) is 1.65. The number of esters is 1. The lowest BCUT2D eigenvalue weighted by atomic mass is 10.1. The third-order valence-electron chi connectivity index (χ3n) is 3.48. The molecule has 0 unspecified atom stereocenters. The first-order chi connectivity index (χ1) is 11.8. The fraction of sp³-hybridized carbons (Fsp3) is 0.222. The van der Waals surface area contributed by atoms with E-state index >= 15 is 0 Å². The number of nitrogens with one attached hydrogen (secondary N) is 1. The molecule has 2 aromatic rings. The Bertz CT molecular complexity index is 808. The highest BCUT2D eigenvalue weighted by molar-refractivity contribution is 6.35. The molecule has 0 radical (unpaired) electrons. The maximum atomic E-state index is 12.4. The number of carbonyl (C=O) groups excluding carboxylic acids is 2. The van der Waals surface area contributed by atoms with Crippen molar-refractivity contribution in [3.05, 3.63) is 57.6 Å². The normalized spacial score (nSPS) is 11.6. The minimum atomic E-state index is -0.806. The van der Waals surface area contributed by atoms with Crippen LogP contribution in [0.5, 0.6) is 5.75 Å². The van der Waals surface area contributed by atoms with Crippen molar-refractivity contribution in [1.82, 2.24) is 0 Å². The molecule has 0 fully saturated rings. The van der Waals surface area contributed by atoms with Gasteiger partial charge in [0.05, 0.1) is 17.7 Å². The molecule has 132 valence electrons. The summed E-state index contributed by atoms with van der Waals surface area (Å²) >= 11 is 11.9. The number of halogens is 2. The maximum absolute atomic E-state index is 12.4. The molecule has 0 aliphatic carbocycles. The summed E-state index contributed by atoms with van der Waals surface area (Å²) in [5, 5.41) is 3.53. The molecule has 1 atom stereocenters. The fourth-order valence-corrected chi connectivity index (χ4v) is 2.50. The lowest BCUT2D eigenvalue weighted by Crippen LogP contribution is -2.30. The second kappa shape index (κ2) is 8.23. The molecule has 0 bridgehead atoms. The van der Waals surface area contributed by atoms with Crippen LogP contribution >= 0.6 is 23.2 Å². The third-order valence-corrected chi connectivity index (χ3v) is 4.01. The molecule has 0 aliphatic heterocycles. The third kappa shape index (κ3) is 4.87. The number of benzene rings is 2. The maximum Gasteiger partial charge on any atom is 0.337 e. The molecular formula is C18H17Cl2NO4. The van der Waals surface area contributed by atoms with Gasteiger partial charge in [0.25, 0.3) is 5.91 Å². The number of amides is 1. The van der Waals surface area contributed by atoms with E-state index in [2.05, 4.69) is 10.1 Å². The van der Waals surface area contributed by atoms with Gasteiger partial charge in [-0.2, -0.15) is 0 Å². The minimum absolute atomic E-state index is 0.316. The summed E-state index contributed by atoms with van der Waals surface area (Å²) in [6.07, 6.45) is -0.806. The summed E-state index contributed by atoms with van der Waals surface area (Å²) in [4.78, 5) is 24.0. The van der Waals surface area contributed by atoms with Crippen LogP contribution in [0.4, 0.5) is 5.69 Å². The molecule has 2 rings (SSSR count). The van der Waals surface area contributed by atoms with Crippen molar-refractivity contribution in [2.75, 3.05) is 12.4 Å². The van der Waals surface area contributed by atoms with E-state index in [1.165, 1.54) is 13.2 Å². The monoisotopic (exact) mass is 381 g/mol. The van der Waals surface area contributed by atoms with Crippen molar-refractivity contribution in [1.29, 1.82) is 0 Å². The van der Waals surface area contributed by atoms with Crippen molar-refractivity contribution >= 4 is 40.8 Å². The number of ether oxygens (including phenoxy) is 2. The first-order valence-corrected chi connectivity index (χ1v) is 8.19. The van der Waals surface area contributed by atoms with Gasteiger partial charge in [-0.3, -0.25) is 4.79 Å². The smallest absolute Gasteiger partial charge is 0.337 e. The molecule has 0 spiro atoms. The first kappa shape index (κ1) is 19.1. The van der Waals surface area contributed by atoms with Crippen molar-refractivity contribution < 1.29 is 19.1 Å². The number of anilines is 1. The van der Waals surface area contributed by atoms with E-state index in [0.717, 1.165) is 5.56 Å². The van der Waals surface area contributed by atoms with Gasteiger partial charge in [-0.1, -0.05) is 29.3 Å². The molecule has 0 aromatic heterocycles. The molecule has 0 aliphatic rings. The first-order valence-electron chi connectivity index (χ1n) is 7.43. The Morgan fingerprint density at radius 2 is 1.84 bits per heavy atom. The van der Waals surface area contributed by atoms with Gasteiger partial charge in [0.2, 0.25) is 0 Å². The number of hydrogen-bond donors (Lipinski definition) is 1. The van der Waals surface area contributed by atoms with Gasteiger partial charge in [0.1, 0.15) is 5.75 Å². The summed E-state index contributed by atoms with van der Waals surface area (Å²) < 4.78 is 10.3. The summed E-state index contributed by atoms with van der Waals surface area (Å²) in [7, 11) is 1.30. The molecule has 5 nitrogen and oxygen atoms in total. The van der Waals surface area contributed by atoms with Crippen molar-refractivity contribution in [2.24, 2.45) is 0 Å². The van der Waals surface area contributed by atoms with E-state index in [1.54, 1.807) is 37.3 Å². The fourth-order valence-electron chi connectivity index (χ4n) is 2.05. The van der Waals surface area contributed by atoms with Crippen LogP contribution in [0.15, 0.2) is 36.4 Å². The Morgan fingerprint density at radius 1 is 1.12 bits per heavy atom. The van der Waals surface area contributed by atoms with E-state index < -0.39 is 12.1 Å². The van der Waals surface area contributed by atoms with Gasteiger partial charge >= 0.3 is 5.97 Å². The molecule has 25 heavy (non-hydrogen) atoms. The van der Waals surface area contributed by atoms with E-state index in [1.807, 2.05) is 6.92 Å². The van der Waals surface area contributed by atoms with Crippen LogP contribution in [0.3, 0.4) is 0 Å². The Hall–Kier alpha value is -2.24. The number of carbonyl (C=O) groups is 2. The lowest BCUT2D eigenvalue weighted by molar-refractivity contribution is -0.122. The predicted octanol–water partition coefficient (Wildman–Crippen LogP) is 4.49. The van der Waals surface area contributed by atoms with Crippen molar-refractivity contribution in [3.63, 3.8) is 0 Å². The van der Waals surface area contributed by atoms with Gasteiger partial charge in [0, 0.05) is 10.7 Å².